The van der Waals surface area contributed by atoms with Crippen molar-refractivity contribution in [3.63, 3.8) is 0 Å². The first-order chi connectivity index (χ1) is 7.61. The van der Waals surface area contributed by atoms with Gasteiger partial charge in [-0.3, -0.25) is 0 Å². The number of fused-ring (bicyclic) bond motifs is 1. The van der Waals surface area contributed by atoms with Gasteiger partial charge in [0.05, 0.1) is 0 Å². The van der Waals surface area contributed by atoms with Crippen molar-refractivity contribution in [1.29, 1.82) is 0 Å². The predicted molar refractivity (Wildman–Crippen MR) is 69.6 cm³/mol. The van der Waals surface area contributed by atoms with Crippen LogP contribution in [0.4, 0.5) is 0 Å². The molecule has 2 N–H and O–H groups in total. The Kier molecular flexibility index (Phi) is 3.34. The van der Waals surface area contributed by atoms with Crippen LogP contribution < -0.4 is 5.73 Å². The Bertz CT molecular complexity index is 366. The first-order valence-corrected chi connectivity index (χ1v) is 6.41. The second kappa shape index (κ2) is 4.58. The summed E-state index contributed by atoms with van der Waals surface area (Å²) < 4.78 is 0. The Balaban J connectivity index is 2.17. The molecule has 16 heavy (non-hydrogen) atoms. The number of nitrogens with two attached hydrogens (primary N) is 1. The third-order valence-electron chi connectivity index (χ3n) is 3.65. The molecule has 0 bridgehead atoms. The summed E-state index contributed by atoms with van der Waals surface area (Å²) in [5.41, 5.74) is 10.6. The van der Waals surface area contributed by atoms with E-state index in [-0.39, 0.29) is 5.41 Å². The molecule has 0 saturated carbocycles. The number of benzene rings is 1. The molecule has 0 spiro atoms. The smallest absolute Gasteiger partial charge is 0.00226 e. The first kappa shape index (κ1) is 11.7. The highest BCUT2D eigenvalue weighted by Crippen LogP contribution is 2.26. The lowest BCUT2D eigenvalue weighted by Crippen LogP contribution is -2.26. The van der Waals surface area contributed by atoms with Crippen LogP contribution in [0.5, 0.6) is 0 Å². The van der Waals surface area contributed by atoms with E-state index >= 15 is 0 Å². The molecule has 0 aromatic heterocycles. The van der Waals surface area contributed by atoms with Crippen molar-refractivity contribution >= 4 is 0 Å². The maximum atomic E-state index is 5.79. The fourth-order valence-corrected chi connectivity index (χ4v) is 2.52. The number of rotatable bonds is 3. The van der Waals surface area contributed by atoms with Crippen LogP contribution in [0.3, 0.4) is 0 Å². The van der Waals surface area contributed by atoms with E-state index < -0.39 is 0 Å². The van der Waals surface area contributed by atoms with Crippen LogP contribution in [0.2, 0.25) is 0 Å². The lowest BCUT2D eigenvalue weighted by atomic mass is 9.83. The maximum Gasteiger partial charge on any atom is -0.00226 e. The van der Waals surface area contributed by atoms with Gasteiger partial charge in [0.1, 0.15) is 0 Å². The lowest BCUT2D eigenvalue weighted by molar-refractivity contribution is 0.376. The molecule has 0 atom stereocenters. The molecule has 1 aliphatic rings. The lowest BCUT2D eigenvalue weighted by Gasteiger charge is -2.24. The van der Waals surface area contributed by atoms with Crippen molar-refractivity contribution in [3.05, 3.63) is 34.9 Å². The molecule has 2 rings (SSSR count). The molecule has 1 nitrogen and oxygen atoms in total. The Morgan fingerprint density at radius 2 is 1.81 bits per heavy atom. The topological polar surface area (TPSA) is 26.0 Å². The standard InChI is InChI=1S/C15H23N/c1-15(2,11-16)10-12-7-8-13-5-3-4-6-14(13)9-12/h7-9H,3-6,10-11,16H2,1-2H3. The van der Waals surface area contributed by atoms with E-state index in [1.54, 1.807) is 11.1 Å². The van der Waals surface area contributed by atoms with E-state index in [2.05, 4.69) is 32.0 Å². The number of aryl methyl sites for hydroxylation is 2. The minimum Gasteiger partial charge on any atom is -0.330 e. The summed E-state index contributed by atoms with van der Waals surface area (Å²) in [6.07, 6.45) is 6.36. The molecule has 0 unspecified atom stereocenters. The van der Waals surface area contributed by atoms with E-state index in [0.717, 1.165) is 13.0 Å². The summed E-state index contributed by atoms with van der Waals surface area (Å²) in [5.74, 6) is 0. The van der Waals surface area contributed by atoms with E-state index in [0.29, 0.717) is 0 Å². The summed E-state index contributed by atoms with van der Waals surface area (Å²) >= 11 is 0. The first-order valence-electron chi connectivity index (χ1n) is 6.41. The molecule has 0 fully saturated rings. The average Bonchev–Trinajstić information content (AvgIpc) is 2.28. The Morgan fingerprint density at radius 3 is 2.50 bits per heavy atom. The fraction of sp³-hybridized carbons (Fsp3) is 0.600. The molecule has 1 heteroatoms. The Morgan fingerprint density at radius 1 is 1.12 bits per heavy atom. The van der Waals surface area contributed by atoms with Gasteiger partial charge in [0.2, 0.25) is 0 Å². The third kappa shape index (κ3) is 2.65. The minimum atomic E-state index is 0.225. The molecule has 0 heterocycles. The summed E-state index contributed by atoms with van der Waals surface area (Å²) in [4.78, 5) is 0. The molecule has 0 radical (unpaired) electrons. The zero-order chi connectivity index (χ0) is 11.6. The second-order valence-electron chi connectivity index (χ2n) is 5.86. The SMILES string of the molecule is CC(C)(CN)Cc1ccc2c(c1)CCCC2. The molecule has 0 saturated heterocycles. The molecule has 0 aliphatic heterocycles. The Labute approximate surface area is 99.0 Å². The highest BCUT2D eigenvalue weighted by Gasteiger charge is 2.17. The molecule has 1 aromatic rings. The van der Waals surface area contributed by atoms with E-state index in [9.17, 15) is 0 Å². The monoisotopic (exact) mass is 217 g/mol. The van der Waals surface area contributed by atoms with Gasteiger partial charge in [0, 0.05) is 0 Å². The quantitative estimate of drug-likeness (QED) is 0.827. The zero-order valence-corrected chi connectivity index (χ0v) is 10.6. The van der Waals surface area contributed by atoms with Crippen molar-refractivity contribution in [3.8, 4) is 0 Å². The zero-order valence-electron chi connectivity index (χ0n) is 10.6. The summed E-state index contributed by atoms with van der Waals surface area (Å²) in [6.45, 7) is 5.24. The van der Waals surface area contributed by atoms with Crippen molar-refractivity contribution < 1.29 is 0 Å². The predicted octanol–water partition coefficient (Wildman–Crippen LogP) is 3.09. The van der Waals surface area contributed by atoms with Crippen molar-refractivity contribution in [2.75, 3.05) is 6.54 Å². The average molecular weight is 217 g/mol. The van der Waals surface area contributed by atoms with Gasteiger partial charge in [-0.25, -0.2) is 0 Å². The van der Waals surface area contributed by atoms with Crippen LogP contribution in [-0.2, 0) is 19.3 Å². The van der Waals surface area contributed by atoms with Crippen LogP contribution in [-0.4, -0.2) is 6.54 Å². The van der Waals surface area contributed by atoms with Crippen LogP contribution in [0.15, 0.2) is 18.2 Å². The van der Waals surface area contributed by atoms with Gasteiger partial charge in [0.15, 0.2) is 0 Å². The maximum absolute atomic E-state index is 5.79. The van der Waals surface area contributed by atoms with Crippen LogP contribution in [0.25, 0.3) is 0 Å². The van der Waals surface area contributed by atoms with E-state index in [4.69, 9.17) is 5.73 Å². The van der Waals surface area contributed by atoms with Gasteiger partial charge >= 0.3 is 0 Å². The highest BCUT2D eigenvalue weighted by atomic mass is 14.6. The van der Waals surface area contributed by atoms with Gasteiger partial charge in [-0.1, -0.05) is 32.0 Å². The van der Waals surface area contributed by atoms with Crippen molar-refractivity contribution in [1.82, 2.24) is 0 Å². The van der Waals surface area contributed by atoms with Gasteiger partial charge < -0.3 is 5.73 Å². The molecule has 1 aliphatic carbocycles. The van der Waals surface area contributed by atoms with Crippen molar-refractivity contribution in [2.24, 2.45) is 11.1 Å². The Hall–Kier alpha value is -0.820. The van der Waals surface area contributed by atoms with Gasteiger partial charge in [-0.15, -0.1) is 0 Å². The van der Waals surface area contributed by atoms with Crippen LogP contribution in [0.1, 0.15) is 43.4 Å². The van der Waals surface area contributed by atoms with Crippen molar-refractivity contribution in [2.45, 2.75) is 46.0 Å². The molecule has 1 aromatic carbocycles. The largest absolute Gasteiger partial charge is 0.330 e. The van der Waals surface area contributed by atoms with Crippen LogP contribution >= 0.6 is 0 Å². The van der Waals surface area contributed by atoms with E-state index in [1.807, 2.05) is 0 Å². The number of hydrogen-bond donors (Lipinski definition) is 1. The normalized spacial score (nSPS) is 15.9. The van der Waals surface area contributed by atoms with Gasteiger partial charge in [-0.05, 0) is 60.8 Å². The van der Waals surface area contributed by atoms with Crippen LogP contribution in [0, 0.1) is 5.41 Å². The summed E-state index contributed by atoms with van der Waals surface area (Å²) in [6, 6.07) is 7.03. The second-order valence-corrected chi connectivity index (χ2v) is 5.86. The molecular formula is C15H23N. The van der Waals surface area contributed by atoms with Gasteiger partial charge in [-0.2, -0.15) is 0 Å². The molecular weight excluding hydrogens is 194 g/mol. The van der Waals surface area contributed by atoms with Gasteiger partial charge in [0.25, 0.3) is 0 Å². The molecule has 0 amide bonds. The number of hydrogen-bond acceptors (Lipinski definition) is 1. The fourth-order valence-electron chi connectivity index (χ4n) is 2.52. The third-order valence-corrected chi connectivity index (χ3v) is 3.65. The van der Waals surface area contributed by atoms with E-state index in [1.165, 1.54) is 31.2 Å². The highest BCUT2D eigenvalue weighted by molar-refractivity contribution is 5.34. The molecule has 88 valence electrons. The minimum absolute atomic E-state index is 0.225. The summed E-state index contributed by atoms with van der Waals surface area (Å²) in [7, 11) is 0. The summed E-state index contributed by atoms with van der Waals surface area (Å²) in [5, 5.41) is 0.